The van der Waals surface area contributed by atoms with Gasteiger partial charge in [0, 0.05) is 37.6 Å². The number of carbonyl (C=O) groups excluding carboxylic acids is 1. The second kappa shape index (κ2) is 9.63. The minimum absolute atomic E-state index is 0.0325. The summed E-state index contributed by atoms with van der Waals surface area (Å²) in [5, 5.41) is 11.2. The molecule has 5 unspecified atom stereocenters. The van der Waals surface area contributed by atoms with Gasteiger partial charge in [-0.3, -0.25) is 9.69 Å². The van der Waals surface area contributed by atoms with Crippen LogP contribution >= 0.6 is 0 Å². The molecule has 2 heterocycles. The molecule has 0 amide bonds. The zero-order valence-electron chi connectivity index (χ0n) is 23.9. The molecule has 6 fully saturated rings. The van der Waals surface area contributed by atoms with E-state index < -0.39 is 0 Å². The summed E-state index contributed by atoms with van der Waals surface area (Å²) in [6.07, 6.45) is 15.6. The van der Waals surface area contributed by atoms with Gasteiger partial charge >= 0.3 is 5.97 Å². The van der Waals surface area contributed by atoms with Crippen LogP contribution in [0.3, 0.4) is 0 Å². The average molecular weight is 514 g/mol. The number of carbonyl (C=O) groups is 1. The number of quaternary nitrogens is 1. The van der Waals surface area contributed by atoms with Gasteiger partial charge in [0.2, 0.25) is 0 Å². The van der Waals surface area contributed by atoms with Crippen LogP contribution < -0.4 is 0 Å². The Morgan fingerprint density at radius 3 is 2.46 bits per heavy atom. The molecule has 1 N–H and O–H groups in total. The maximum absolute atomic E-state index is 12.5. The molecule has 37 heavy (non-hydrogen) atoms. The van der Waals surface area contributed by atoms with Crippen molar-refractivity contribution in [3.8, 4) is 0 Å². The molecule has 2 saturated heterocycles. The molecule has 0 aromatic rings. The highest BCUT2D eigenvalue weighted by Crippen LogP contribution is 2.67. The van der Waals surface area contributed by atoms with Crippen LogP contribution in [0.2, 0.25) is 0 Å². The quantitative estimate of drug-likeness (QED) is 0.313. The number of ether oxygens (including phenoxy) is 1. The van der Waals surface area contributed by atoms with Gasteiger partial charge in [0.1, 0.15) is 6.04 Å². The van der Waals surface area contributed by atoms with Crippen LogP contribution in [-0.2, 0) is 9.53 Å². The monoisotopic (exact) mass is 513 g/mol. The third-order valence-electron chi connectivity index (χ3n) is 13.2. The molecule has 0 bridgehead atoms. The molecule has 6 aliphatic rings. The molecule has 6 rings (SSSR count). The number of esters is 1. The topological polar surface area (TPSA) is 49.8 Å². The smallest absolute Gasteiger partial charge is 0.303 e. The van der Waals surface area contributed by atoms with Crippen molar-refractivity contribution in [2.75, 3.05) is 32.7 Å². The van der Waals surface area contributed by atoms with Crippen molar-refractivity contribution < 1.29 is 19.1 Å². The summed E-state index contributed by atoms with van der Waals surface area (Å²) in [5.74, 6) is 2.66. The number of hydrogen-bond acceptors (Lipinski definition) is 4. The lowest BCUT2D eigenvalue weighted by Crippen LogP contribution is -2.60. The molecule has 4 saturated carbocycles. The Morgan fingerprint density at radius 1 is 1.05 bits per heavy atom. The van der Waals surface area contributed by atoms with Crippen molar-refractivity contribution in [3.05, 3.63) is 12.7 Å². The second-order valence-corrected chi connectivity index (χ2v) is 14.7. The Bertz CT molecular complexity index is 879. The van der Waals surface area contributed by atoms with Crippen molar-refractivity contribution in [1.82, 2.24) is 4.90 Å². The van der Waals surface area contributed by atoms with Crippen LogP contribution in [0.4, 0.5) is 0 Å². The van der Waals surface area contributed by atoms with Crippen LogP contribution in [0, 0.1) is 34.5 Å². The average Bonchev–Trinajstić information content (AvgIpc) is 3.60. The highest BCUT2D eigenvalue weighted by molar-refractivity contribution is 5.66. The number of aliphatic hydroxyl groups is 1. The number of nitrogens with zero attached hydrogens (tertiary/aromatic N) is 2. The van der Waals surface area contributed by atoms with Gasteiger partial charge in [-0.1, -0.05) is 20.4 Å². The second-order valence-electron chi connectivity index (χ2n) is 14.7. The first-order valence-electron chi connectivity index (χ1n) is 15.8. The Labute approximate surface area is 225 Å². The van der Waals surface area contributed by atoms with Gasteiger partial charge in [-0.05, 0) is 99.6 Å². The molecule has 0 aromatic heterocycles. The zero-order valence-corrected chi connectivity index (χ0v) is 23.9. The van der Waals surface area contributed by atoms with E-state index >= 15 is 0 Å². The fourth-order valence-electron chi connectivity index (χ4n) is 11.5. The number of likely N-dealkylation sites (tertiary alicyclic amines) is 2. The molecule has 208 valence electrons. The van der Waals surface area contributed by atoms with Gasteiger partial charge in [0.05, 0.1) is 25.7 Å². The minimum atomic E-state index is -0.149. The Morgan fingerprint density at radius 2 is 1.78 bits per heavy atom. The summed E-state index contributed by atoms with van der Waals surface area (Å²) in [6.45, 7) is 16.7. The summed E-state index contributed by atoms with van der Waals surface area (Å²) in [5.41, 5.74) is 0.408. The van der Waals surface area contributed by atoms with Crippen molar-refractivity contribution in [3.63, 3.8) is 0 Å². The van der Waals surface area contributed by atoms with E-state index in [1.54, 1.807) is 6.92 Å². The van der Waals surface area contributed by atoms with Crippen molar-refractivity contribution in [2.45, 2.75) is 116 Å². The van der Waals surface area contributed by atoms with Crippen LogP contribution in [0.1, 0.15) is 91.4 Å². The van der Waals surface area contributed by atoms with Gasteiger partial charge < -0.3 is 14.3 Å². The van der Waals surface area contributed by atoms with Gasteiger partial charge in [-0.25, -0.2) is 0 Å². The lowest BCUT2D eigenvalue weighted by atomic mass is 9.44. The molecule has 0 radical (unpaired) electrons. The Kier molecular flexibility index (Phi) is 6.85. The minimum Gasteiger partial charge on any atom is -0.456 e. The fourth-order valence-corrected chi connectivity index (χ4v) is 11.5. The maximum Gasteiger partial charge on any atom is 0.303 e. The maximum atomic E-state index is 12.5. The summed E-state index contributed by atoms with van der Waals surface area (Å²) in [6, 6.07) is 0.765. The first-order valence-corrected chi connectivity index (χ1v) is 15.8. The van der Waals surface area contributed by atoms with Gasteiger partial charge in [0.15, 0.2) is 6.10 Å². The summed E-state index contributed by atoms with van der Waals surface area (Å²) >= 11 is 0. The van der Waals surface area contributed by atoms with Crippen LogP contribution in [0.25, 0.3) is 0 Å². The number of fused-ring (bicyclic) bond motifs is 5. The van der Waals surface area contributed by atoms with E-state index in [0.29, 0.717) is 29.3 Å². The Balaban J connectivity index is 1.31. The first kappa shape index (κ1) is 26.3. The molecule has 0 spiro atoms. The van der Waals surface area contributed by atoms with E-state index in [0.717, 1.165) is 29.3 Å². The van der Waals surface area contributed by atoms with Crippen molar-refractivity contribution in [1.29, 1.82) is 0 Å². The van der Waals surface area contributed by atoms with E-state index in [2.05, 4.69) is 31.4 Å². The molecule has 2 aliphatic heterocycles. The first-order chi connectivity index (χ1) is 17.7. The SMILES string of the molecule is C=CC[N+]1(C2CC3C4CCC5C[C@H](O)[C@@H](N6CCCC6)C[C@]5(C)C4CC[C@]3(C)[C@H]2OC(C)=O)CCCC1. The third kappa shape index (κ3) is 4.08. The van der Waals surface area contributed by atoms with E-state index in [9.17, 15) is 9.90 Å². The normalized spacial score (nSPS) is 49.2. The predicted molar refractivity (Wildman–Crippen MR) is 147 cm³/mol. The van der Waals surface area contributed by atoms with Crippen molar-refractivity contribution in [2.24, 2.45) is 34.5 Å². The Hall–Kier alpha value is -0.910. The molecule has 0 aromatic carbocycles. The van der Waals surface area contributed by atoms with Crippen LogP contribution in [0.5, 0.6) is 0 Å². The zero-order chi connectivity index (χ0) is 26.0. The van der Waals surface area contributed by atoms with Crippen LogP contribution in [0.15, 0.2) is 12.7 Å². The number of hydrogen-bond donors (Lipinski definition) is 1. The lowest BCUT2D eigenvalue weighted by Gasteiger charge is -2.62. The molecular weight excluding hydrogens is 460 g/mol. The van der Waals surface area contributed by atoms with Gasteiger partial charge in [-0.2, -0.15) is 0 Å². The third-order valence-corrected chi connectivity index (χ3v) is 13.2. The van der Waals surface area contributed by atoms with E-state index in [1.807, 2.05) is 0 Å². The summed E-state index contributed by atoms with van der Waals surface area (Å²) in [4.78, 5) is 15.1. The number of rotatable bonds is 5. The molecular formula is C32H53N2O3+. The summed E-state index contributed by atoms with van der Waals surface area (Å²) in [7, 11) is 0. The van der Waals surface area contributed by atoms with E-state index in [-0.39, 0.29) is 23.6 Å². The van der Waals surface area contributed by atoms with Gasteiger partial charge in [-0.15, -0.1) is 0 Å². The molecule has 4 aliphatic carbocycles. The highest BCUT2D eigenvalue weighted by Gasteiger charge is 2.67. The van der Waals surface area contributed by atoms with Crippen LogP contribution in [-0.4, -0.2) is 77.5 Å². The fraction of sp³-hybridized carbons (Fsp3) is 0.906. The van der Waals surface area contributed by atoms with Gasteiger partial charge in [0.25, 0.3) is 0 Å². The lowest BCUT2D eigenvalue weighted by molar-refractivity contribution is -0.937. The summed E-state index contributed by atoms with van der Waals surface area (Å²) < 4.78 is 7.45. The standard InChI is InChI=1S/C32H53N2O3/c1-5-16-34(17-8-9-18-34)28-20-26-24-11-10-23-19-29(36)27(33-14-6-7-15-33)21-32(23,4)25(24)12-13-31(26,3)30(28)37-22(2)35/h5,23-30,36H,1,6-21H2,2-4H3/q+1/t23?,24?,25?,26?,27-,28?,29-,30-,31-,32-/m0/s1. The highest BCUT2D eigenvalue weighted by atomic mass is 16.5. The molecule has 5 nitrogen and oxygen atoms in total. The van der Waals surface area contributed by atoms with E-state index in [1.165, 1.54) is 90.4 Å². The largest absolute Gasteiger partial charge is 0.456 e. The van der Waals surface area contributed by atoms with E-state index in [4.69, 9.17) is 4.74 Å². The predicted octanol–water partition coefficient (Wildman–Crippen LogP) is 5.17. The number of aliphatic hydroxyl groups excluding tert-OH is 1. The van der Waals surface area contributed by atoms with Crippen molar-refractivity contribution >= 4 is 5.97 Å². The molecule has 5 heteroatoms. The molecule has 10 atom stereocenters.